The van der Waals surface area contributed by atoms with Crippen molar-refractivity contribution in [3.05, 3.63) is 29.8 Å². The fourth-order valence-corrected chi connectivity index (χ4v) is 4.61. The van der Waals surface area contributed by atoms with Crippen molar-refractivity contribution >= 4 is 15.8 Å². The number of aryl methyl sites for hydroxylation is 1. The summed E-state index contributed by atoms with van der Waals surface area (Å²) >= 11 is 0. The molecule has 1 aliphatic rings. The minimum absolute atomic E-state index is 0.0420. The Labute approximate surface area is 127 Å². The summed E-state index contributed by atoms with van der Waals surface area (Å²) in [6, 6.07) is 6.95. The van der Waals surface area contributed by atoms with Crippen molar-refractivity contribution < 1.29 is 13.2 Å². The lowest BCUT2D eigenvalue weighted by Gasteiger charge is -2.23. The van der Waals surface area contributed by atoms with E-state index in [1.807, 2.05) is 12.1 Å². The third-order valence-electron chi connectivity index (χ3n) is 3.91. The zero-order valence-electron chi connectivity index (χ0n) is 12.7. The molecule has 0 N–H and O–H groups in total. The van der Waals surface area contributed by atoms with Crippen LogP contribution in [-0.2, 0) is 21.2 Å². The molecule has 0 radical (unpaired) electrons. The summed E-state index contributed by atoms with van der Waals surface area (Å²) in [6.45, 7) is 4.13. The number of rotatable bonds is 6. The summed E-state index contributed by atoms with van der Waals surface area (Å²) < 4.78 is 26.9. The van der Waals surface area contributed by atoms with Gasteiger partial charge in [-0.25, -0.2) is 8.42 Å². The highest BCUT2D eigenvalue weighted by molar-refractivity contribution is 7.89. The first kappa shape index (κ1) is 16.2. The van der Waals surface area contributed by atoms with E-state index in [0.29, 0.717) is 17.9 Å². The van der Waals surface area contributed by atoms with Crippen LogP contribution in [0.15, 0.2) is 29.2 Å². The van der Waals surface area contributed by atoms with Gasteiger partial charge >= 0.3 is 0 Å². The molecule has 0 saturated carbocycles. The molecule has 1 saturated heterocycles. The van der Waals surface area contributed by atoms with Gasteiger partial charge in [0.25, 0.3) is 0 Å². The summed E-state index contributed by atoms with van der Waals surface area (Å²) in [6.07, 6.45) is 3.90. The molecule has 1 aliphatic heterocycles. The molecule has 5 heteroatoms. The maximum Gasteiger partial charge on any atom is 0.243 e. The first-order chi connectivity index (χ1) is 9.95. The van der Waals surface area contributed by atoms with Crippen LogP contribution in [0.4, 0.5) is 0 Å². The Morgan fingerprint density at radius 3 is 2.52 bits per heavy atom. The molecule has 1 aromatic rings. The number of carbonyl (C=O) groups is 1. The zero-order chi connectivity index (χ0) is 15.5. The van der Waals surface area contributed by atoms with Gasteiger partial charge in [0, 0.05) is 19.0 Å². The van der Waals surface area contributed by atoms with E-state index < -0.39 is 10.0 Å². The highest BCUT2D eigenvalue weighted by Gasteiger charge is 2.35. The van der Waals surface area contributed by atoms with Crippen molar-refractivity contribution in [1.29, 1.82) is 0 Å². The van der Waals surface area contributed by atoms with E-state index in [0.717, 1.165) is 31.2 Å². The van der Waals surface area contributed by atoms with Gasteiger partial charge < -0.3 is 0 Å². The molecule has 1 heterocycles. The van der Waals surface area contributed by atoms with E-state index in [1.165, 1.54) is 11.2 Å². The lowest BCUT2D eigenvalue weighted by Crippen LogP contribution is -2.36. The van der Waals surface area contributed by atoms with Crippen LogP contribution in [0, 0.1) is 0 Å². The first-order valence-electron chi connectivity index (χ1n) is 7.55. The minimum Gasteiger partial charge on any atom is -0.300 e. The van der Waals surface area contributed by atoms with Gasteiger partial charge in [0.05, 0.1) is 4.90 Å². The van der Waals surface area contributed by atoms with Gasteiger partial charge in [0.15, 0.2) is 0 Å². The van der Waals surface area contributed by atoms with Crippen LogP contribution in [0.25, 0.3) is 0 Å². The molecule has 21 heavy (non-hydrogen) atoms. The van der Waals surface area contributed by atoms with Gasteiger partial charge in [-0.05, 0) is 43.9 Å². The summed E-state index contributed by atoms with van der Waals surface area (Å²) in [5.41, 5.74) is 1.15. The Morgan fingerprint density at radius 2 is 1.95 bits per heavy atom. The third-order valence-corrected chi connectivity index (χ3v) is 5.88. The second-order valence-electron chi connectivity index (χ2n) is 5.71. The molecule has 116 valence electrons. The van der Waals surface area contributed by atoms with Gasteiger partial charge in [-0.3, -0.25) is 4.79 Å². The summed E-state index contributed by atoms with van der Waals surface area (Å²) in [7, 11) is -3.48. The van der Waals surface area contributed by atoms with Crippen LogP contribution in [0.3, 0.4) is 0 Å². The molecule has 1 fully saturated rings. The number of hydrogen-bond donors (Lipinski definition) is 0. The van der Waals surface area contributed by atoms with Crippen LogP contribution in [0.5, 0.6) is 0 Å². The summed E-state index contributed by atoms with van der Waals surface area (Å²) in [4.78, 5) is 11.6. The smallest absolute Gasteiger partial charge is 0.243 e. The van der Waals surface area contributed by atoms with E-state index in [4.69, 9.17) is 0 Å². The molecule has 1 unspecified atom stereocenters. The standard InChI is InChI=1S/C16H23NO3S/c1-3-5-14-7-9-16(10-8-14)21(19,20)17-11-4-6-15(17)12-13(2)18/h7-10,15H,3-6,11-12H2,1-2H3. The number of carbonyl (C=O) groups excluding carboxylic acids is 1. The number of benzene rings is 1. The van der Waals surface area contributed by atoms with Crippen molar-refractivity contribution in [2.24, 2.45) is 0 Å². The average Bonchev–Trinajstić information content (AvgIpc) is 2.88. The van der Waals surface area contributed by atoms with Crippen molar-refractivity contribution in [1.82, 2.24) is 4.31 Å². The molecule has 0 aliphatic carbocycles. The second kappa shape index (κ2) is 6.71. The monoisotopic (exact) mass is 309 g/mol. The van der Waals surface area contributed by atoms with E-state index >= 15 is 0 Å². The topological polar surface area (TPSA) is 54.5 Å². The van der Waals surface area contributed by atoms with Crippen LogP contribution >= 0.6 is 0 Å². The van der Waals surface area contributed by atoms with Crippen molar-refractivity contribution in [2.45, 2.75) is 56.9 Å². The quantitative estimate of drug-likeness (QED) is 0.812. The summed E-state index contributed by atoms with van der Waals surface area (Å²) in [5, 5.41) is 0. The Morgan fingerprint density at radius 1 is 1.29 bits per heavy atom. The molecule has 2 rings (SSSR count). The first-order valence-corrected chi connectivity index (χ1v) is 8.99. The number of nitrogens with zero attached hydrogens (tertiary/aromatic N) is 1. The van der Waals surface area contributed by atoms with Gasteiger partial charge in [-0.15, -0.1) is 0 Å². The molecular weight excluding hydrogens is 286 g/mol. The van der Waals surface area contributed by atoms with Crippen molar-refractivity contribution in [2.75, 3.05) is 6.54 Å². The maximum atomic E-state index is 12.7. The number of hydrogen-bond acceptors (Lipinski definition) is 3. The SMILES string of the molecule is CCCc1ccc(S(=O)(=O)N2CCCC2CC(C)=O)cc1. The van der Waals surface area contributed by atoms with Gasteiger partial charge in [-0.2, -0.15) is 4.31 Å². The Hall–Kier alpha value is -1.20. The summed E-state index contributed by atoms with van der Waals surface area (Å²) in [5.74, 6) is 0.0420. The van der Waals surface area contributed by atoms with Crippen LogP contribution in [0.1, 0.15) is 45.1 Å². The van der Waals surface area contributed by atoms with E-state index in [1.54, 1.807) is 12.1 Å². The minimum atomic E-state index is -3.48. The van der Waals surface area contributed by atoms with Gasteiger partial charge in [-0.1, -0.05) is 25.5 Å². The zero-order valence-corrected chi connectivity index (χ0v) is 13.5. The van der Waals surface area contributed by atoms with Crippen molar-refractivity contribution in [3.8, 4) is 0 Å². The normalized spacial score (nSPS) is 19.8. The molecule has 1 atom stereocenters. The lowest BCUT2D eigenvalue weighted by atomic mass is 10.1. The molecule has 0 spiro atoms. The molecule has 0 bridgehead atoms. The van der Waals surface area contributed by atoms with Crippen LogP contribution in [0.2, 0.25) is 0 Å². The van der Waals surface area contributed by atoms with E-state index in [9.17, 15) is 13.2 Å². The predicted molar refractivity (Wildman–Crippen MR) is 82.6 cm³/mol. The van der Waals surface area contributed by atoms with E-state index in [-0.39, 0.29) is 11.8 Å². The van der Waals surface area contributed by atoms with Crippen molar-refractivity contribution in [3.63, 3.8) is 0 Å². The second-order valence-corrected chi connectivity index (χ2v) is 7.60. The number of sulfonamides is 1. The number of Topliss-reactive ketones (excluding diaryl/α,β-unsaturated/α-hetero) is 1. The Kier molecular flexibility index (Phi) is 5.17. The van der Waals surface area contributed by atoms with Crippen LogP contribution in [-0.4, -0.2) is 31.1 Å². The molecule has 0 amide bonds. The average molecular weight is 309 g/mol. The third kappa shape index (κ3) is 3.71. The Bertz CT molecular complexity index is 592. The largest absolute Gasteiger partial charge is 0.300 e. The maximum absolute atomic E-state index is 12.7. The van der Waals surface area contributed by atoms with Gasteiger partial charge in [0.1, 0.15) is 5.78 Å². The molecule has 1 aromatic carbocycles. The fourth-order valence-electron chi connectivity index (χ4n) is 2.91. The Balaban J connectivity index is 2.22. The van der Waals surface area contributed by atoms with Gasteiger partial charge in [0.2, 0.25) is 10.0 Å². The highest BCUT2D eigenvalue weighted by atomic mass is 32.2. The molecule has 0 aromatic heterocycles. The van der Waals surface area contributed by atoms with E-state index in [2.05, 4.69) is 6.92 Å². The number of ketones is 1. The lowest BCUT2D eigenvalue weighted by molar-refractivity contribution is -0.117. The van der Waals surface area contributed by atoms with Crippen LogP contribution < -0.4 is 0 Å². The predicted octanol–water partition coefficient (Wildman–Crippen LogP) is 2.77. The molecular formula is C16H23NO3S. The molecule has 4 nitrogen and oxygen atoms in total. The fraction of sp³-hybridized carbons (Fsp3) is 0.562. The highest BCUT2D eigenvalue weighted by Crippen LogP contribution is 2.28.